The van der Waals surface area contributed by atoms with Gasteiger partial charge in [0.25, 0.3) is 11.1 Å². The molecular weight excluding hydrogens is 238 g/mol. The molecule has 0 bridgehead atoms. The van der Waals surface area contributed by atoms with E-state index >= 15 is 0 Å². The number of rotatable bonds is 3. The molecular formula is C12H13NO3S. The largest absolute Gasteiger partial charge is 0.472 e. The summed E-state index contributed by atoms with van der Waals surface area (Å²) >= 11 is 0.981. The number of nitrogens with zero attached hydrogens (tertiary/aromatic N) is 1. The lowest BCUT2D eigenvalue weighted by molar-refractivity contribution is -0.124. The number of furan rings is 1. The normalized spacial score (nSPS) is 20.4. The van der Waals surface area contributed by atoms with Crippen LogP contribution in [0, 0.1) is 0 Å². The Morgan fingerprint density at radius 3 is 2.88 bits per heavy atom. The zero-order valence-electron chi connectivity index (χ0n) is 9.67. The topological polar surface area (TPSA) is 50.5 Å². The van der Waals surface area contributed by atoms with Crippen molar-refractivity contribution >= 4 is 29.0 Å². The SMILES string of the molecule is CC[C@@H](C)N1C(=O)S/C(=C/c2ccoc2)C1=O. The van der Waals surface area contributed by atoms with E-state index in [2.05, 4.69) is 0 Å². The summed E-state index contributed by atoms with van der Waals surface area (Å²) in [4.78, 5) is 25.5. The lowest BCUT2D eigenvalue weighted by Crippen LogP contribution is -2.36. The molecule has 1 aliphatic rings. The fourth-order valence-electron chi connectivity index (χ4n) is 1.55. The standard InChI is InChI=1S/C12H13NO3S/c1-3-8(2)13-11(14)10(17-12(13)15)6-9-4-5-16-7-9/h4-8H,3H2,1-2H3/b10-6+/t8-/m1/s1. The van der Waals surface area contributed by atoms with Gasteiger partial charge in [0, 0.05) is 11.6 Å². The molecule has 0 spiro atoms. The number of thioether (sulfide) groups is 1. The molecule has 0 aliphatic carbocycles. The van der Waals surface area contributed by atoms with Crippen LogP contribution in [-0.4, -0.2) is 22.1 Å². The Morgan fingerprint density at radius 2 is 2.29 bits per heavy atom. The highest BCUT2D eigenvalue weighted by molar-refractivity contribution is 8.18. The van der Waals surface area contributed by atoms with Crippen LogP contribution in [0.4, 0.5) is 4.79 Å². The molecule has 5 heteroatoms. The second kappa shape index (κ2) is 4.79. The summed E-state index contributed by atoms with van der Waals surface area (Å²) in [7, 11) is 0. The molecule has 4 nitrogen and oxygen atoms in total. The number of imide groups is 1. The van der Waals surface area contributed by atoms with Crippen LogP contribution in [-0.2, 0) is 4.79 Å². The molecule has 1 atom stereocenters. The number of hydrogen-bond acceptors (Lipinski definition) is 4. The molecule has 0 unspecified atom stereocenters. The van der Waals surface area contributed by atoms with Crippen molar-refractivity contribution in [3.63, 3.8) is 0 Å². The predicted octanol–water partition coefficient (Wildman–Crippen LogP) is 3.11. The highest BCUT2D eigenvalue weighted by atomic mass is 32.2. The average Bonchev–Trinajstić information content (AvgIpc) is 2.89. The molecule has 2 heterocycles. The molecule has 1 aromatic rings. The summed E-state index contributed by atoms with van der Waals surface area (Å²) in [5.74, 6) is -0.212. The second-order valence-corrected chi connectivity index (χ2v) is 4.86. The van der Waals surface area contributed by atoms with Crippen LogP contribution in [0.5, 0.6) is 0 Å². The quantitative estimate of drug-likeness (QED) is 0.774. The van der Waals surface area contributed by atoms with Crippen molar-refractivity contribution < 1.29 is 14.0 Å². The average molecular weight is 251 g/mol. The van der Waals surface area contributed by atoms with Crippen molar-refractivity contribution in [2.45, 2.75) is 26.3 Å². The van der Waals surface area contributed by atoms with Gasteiger partial charge in [-0.15, -0.1) is 0 Å². The highest BCUT2D eigenvalue weighted by Gasteiger charge is 2.37. The molecule has 0 saturated carbocycles. The number of hydrogen-bond donors (Lipinski definition) is 0. The van der Waals surface area contributed by atoms with Gasteiger partial charge in [-0.1, -0.05) is 6.92 Å². The summed E-state index contributed by atoms with van der Waals surface area (Å²) in [5.41, 5.74) is 0.791. The Balaban J connectivity index is 2.24. The summed E-state index contributed by atoms with van der Waals surface area (Å²) in [6.45, 7) is 3.82. The zero-order valence-corrected chi connectivity index (χ0v) is 10.5. The van der Waals surface area contributed by atoms with Crippen LogP contribution in [0.25, 0.3) is 6.08 Å². The third-order valence-corrected chi connectivity index (χ3v) is 3.58. The van der Waals surface area contributed by atoms with Crippen LogP contribution < -0.4 is 0 Å². The lowest BCUT2D eigenvalue weighted by atomic mass is 10.2. The summed E-state index contributed by atoms with van der Waals surface area (Å²) in [6, 6.07) is 1.69. The lowest BCUT2D eigenvalue weighted by Gasteiger charge is -2.19. The van der Waals surface area contributed by atoms with Gasteiger partial charge in [-0.25, -0.2) is 0 Å². The van der Waals surface area contributed by atoms with Crippen LogP contribution in [0.1, 0.15) is 25.8 Å². The van der Waals surface area contributed by atoms with Gasteiger partial charge in [-0.3, -0.25) is 14.5 Å². The van der Waals surface area contributed by atoms with E-state index in [4.69, 9.17) is 4.42 Å². The van der Waals surface area contributed by atoms with E-state index in [-0.39, 0.29) is 17.2 Å². The van der Waals surface area contributed by atoms with E-state index in [0.717, 1.165) is 23.7 Å². The first-order valence-corrected chi connectivity index (χ1v) is 6.24. The molecule has 0 aromatic carbocycles. The third kappa shape index (κ3) is 2.29. The molecule has 0 radical (unpaired) electrons. The zero-order chi connectivity index (χ0) is 12.4. The van der Waals surface area contributed by atoms with Crippen molar-refractivity contribution in [3.8, 4) is 0 Å². The van der Waals surface area contributed by atoms with Crippen molar-refractivity contribution in [1.82, 2.24) is 4.90 Å². The predicted molar refractivity (Wildman–Crippen MR) is 66.3 cm³/mol. The number of carbonyl (C=O) groups excluding carboxylic acids is 2. The van der Waals surface area contributed by atoms with Gasteiger partial charge in [0.05, 0.1) is 17.4 Å². The van der Waals surface area contributed by atoms with Crippen molar-refractivity contribution in [2.24, 2.45) is 0 Å². The van der Waals surface area contributed by atoms with Gasteiger partial charge in [0.2, 0.25) is 0 Å². The maximum atomic E-state index is 12.0. The Hall–Kier alpha value is -1.49. The third-order valence-electron chi connectivity index (χ3n) is 2.70. The maximum Gasteiger partial charge on any atom is 0.293 e. The minimum atomic E-state index is -0.212. The van der Waals surface area contributed by atoms with E-state index in [9.17, 15) is 9.59 Å². The molecule has 1 aromatic heterocycles. The minimum absolute atomic E-state index is 0.0576. The van der Waals surface area contributed by atoms with Crippen LogP contribution in [0.15, 0.2) is 27.9 Å². The fraction of sp³-hybridized carbons (Fsp3) is 0.333. The van der Waals surface area contributed by atoms with Crippen molar-refractivity contribution in [1.29, 1.82) is 0 Å². The van der Waals surface area contributed by atoms with Gasteiger partial charge >= 0.3 is 0 Å². The van der Waals surface area contributed by atoms with E-state index < -0.39 is 0 Å². The van der Waals surface area contributed by atoms with E-state index in [0.29, 0.717) is 4.91 Å². The van der Waals surface area contributed by atoms with E-state index in [1.165, 1.54) is 17.4 Å². The number of carbonyl (C=O) groups is 2. The minimum Gasteiger partial charge on any atom is -0.472 e. The van der Waals surface area contributed by atoms with E-state index in [1.807, 2.05) is 13.8 Å². The Labute approximate surface area is 104 Å². The molecule has 1 saturated heterocycles. The summed E-state index contributed by atoms with van der Waals surface area (Å²) in [6.07, 6.45) is 5.51. The highest BCUT2D eigenvalue weighted by Crippen LogP contribution is 2.34. The second-order valence-electron chi connectivity index (χ2n) is 3.87. The van der Waals surface area contributed by atoms with Crippen LogP contribution in [0.3, 0.4) is 0 Å². The van der Waals surface area contributed by atoms with Crippen LogP contribution >= 0.6 is 11.8 Å². The molecule has 1 aliphatic heterocycles. The number of amides is 2. The monoisotopic (exact) mass is 251 g/mol. The molecule has 90 valence electrons. The first kappa shape index (κ1) is 12.0. The molecule has 0 N–H and O–H groups in total. The molecule has 2 amide bonds. The first-order valence-electron chi connectivity index (χ1n) is 5.42. The molecule has 2 rings (SSSR count). The van der Waals surface area contributed by atoms with Gasteiger partial charge < -0.3 is 4.42 Å². The first-order chi connectivity index (χ1) is 8.13. The molecule has 1 fully saturated rings. The van der Waals surface area contributed by atoms with Gasteiger partial charge in [-0.2, -0.15) is 0 Å². The van der Waals surface area contributed by atoms with Gasteiger partial charge in [-0.05, 0) is 37.2 Å². The Kier molecular flexibility index (Phi) is 3.38. The van der Waals surface area contributed by atoms with Crippen molar-refractivity contribution in [3.05, 3.63) is 29.1 Å². The Morgan fingerprint density at radius 1 is 1.53 bits per heavy atom. The summed E-state index contributed by atoms with van der Waals surface area (Å²) < 4.78 is 4.92. The maximum absolute atomic E-state index is 12.0. The van der Waals surface area contributed by atoms with Gasteiger partial charge in [0.1, 0.15) is 0 Å². The van der Waals surface area contributed by atoms with Crippen molar-refractivity contribution in [2.75, 3.05) is 0 Å². The fourth-order valence-corrected chi connectivity index (χ4v) is 2.48. The van der Waals surface area contributed by atoms with Crippen LogP contribution in [0.2, 0.25) is 0 Å². The summed E-state index contributed by atoms with van der Waals surface area (Å²) in [5, 5.41) is -0.195. The van der Waals surface area contributed by atoms with Gasteiger partial charge in [0.15, 0.2) is 0 Å². The Bertz CT molecular complexity index is 464. The smallest absolute Gasteiger partial charge is 0.293 e. The molecule has 17 heavy (non-hydrogen) atoms. The van der Waals surface area contributed by atoms with E-state index in [1.54, 1.807) is 12.1 Å².